The van der Waals surface area contributed by atoms with Crippen molar-refractivity contribution in [3.05, 3.63) is 53.2 Å². The molecular formula is C18H18N4O5S. The minimum Gasteiger partial charge on any atom is -0.378 e. The maximum atomic E-state index is 12.6. The molecule has 1 fully saturated rings. The van der Waals surface area contributed by atoms with Crippen LogP contribution in [0.4, 0.5) is 5.82 Å². The van der Waals surface area contributed by atoms with E-state index in [1.54, 1.807) is 12.3 Å². The number of hydrogen-bond acceptors (Lipinski definition) is 7. The summed E-state index contributed by atoms with van der Waals surface area (Å²) in [5.41, 5.74) is 0.994. The predicted octanol–water partition coefficient (Wildman–Crippen LogP) is 0.280. The third-order valence-corrected chi connectivity index (χ3v) is 6.03. The number of carbonyl (C=O) groups excluding carboxylic acids is 2. The molecule has 1 aromatic carbocycles. The third kappa shape index (κ3) is 3.61. The fraction of sp³-hybridized carbons (Fsp3) is 0.278. The Morgan fingerprint density at radius 2 is 1.82 bits per heavy atom. The number of morpholine rings is 1. The number of sulfonamides is 1. The number of anilines is 1. The lowest BCUT2D eigenvalue weighted by Crippen LogP contribution is -2.36. The van der Waals surface area contributed by atoms with E-state index in [0.717, 1.165) is 24.5 Å². The van der Waals surface area contributed by atoms with E-state index < -0.39 is 21.8 Å². The highest BCUT2D eigenvalue weighted by Crippen LogP contribution is 2.21. The van der Waals surface area contributed by atoms with Crippen LogP contribution >= 0.6 is 0 Å². The lowest BCUT2D eigenvalue weighted by molar-refractivity contribution is 0.0879. The summed E-state index contributed by atoms with van der Waals surface area (Å²) in [5.74, 6) is -0.349. The van der Waals surface area contributed by atoms with Crippen molar-refractivity contribution in [3.63, 3.8) is 0 Å². The number of benzene rings is 1. The number of carbonyl (C=O) groups is 2. The van der Waals surface area contributed by atoms with Gasteiger partial charge in [-0.2, -0.15) is 0 Å². The fourth-order valence-electron chi connectivity index (χ4n) is 3.11. The third-order valence-electron chi connectivity index (χ3n) is 4.63. The number of rotatable bonds is 5. The number of nitrogens with one attached hydrogen (secondary N) is 2. The number of ether oxygens (including phenoxy) is 1. The first-order valence-electron chi connectivity index (χ1n) is 8.71. The highest BCUT2D eigenvalue weighted by molar-refractivity contribution is 7.89. The van der Waals surface area contributed by atoms with Crippen molar-refractivity contribution in [2.24, 2.45) is 0 Å². The lowest BCUT2D eigenvalue weighted by Gasteiger charge is -2.28. The van der Waals surface area contributed by atoms with Gasteiger partial charge in [-0.15, -0.1) is 0 Å². The van der Waals surface area contributed by atoms with Crippen LogP contribution in [0.2, 0.25) is 0 Å². The van der Waals surface area contributed by atoms with Crippen LogP contribution in [0.25, 0.3) is 0 Å². The first-order valence-corrected chi connectivity index (χ1v) is 10.2. The molecule has 2 amide bonds. The zero-order valence-corrected chi connectivity index (χ0v) is 15.7. The van der Waals surface area contributed by atoms with Crippen LogP contribution in [0.3, 0.4) is 0 Å². The van der Waals surface area contributed by atoms with Gasteiger partial charge in [0.2, 0.25) is 10.0 Å². The number of aromatic nitrogens is 1. The first-order chi connectivity index (χ1) is 13.4. The van der Waals surface area contributed by atoms with E-state index in [1.807, 2.05) is 6.07 Å². The second kappa shape index (κ2) is 7.30. The molecule has 2 aliphatic heterocycles. The maximum absolute atomic E-state index is 12.6. The van der Waals surface area contributed by atoms with Gasteiger partial charge in [-0.3, -0.25) is 14.9 Å². The predicted molar refractivity (Wildman–Crippen MR) is 99.5 cm³/mol. The Morgan fingerprint density at radius 3 is 2.61 bits per heavy atom. The van der Waals surface area contributed by atoms with E-state index in [4.69, 9.17) is 4.74 Å². The molecule has 0 bridgehead atoms. The van der Waals surface area contributed by atoms with Gasteiger partial charge in [0.05, 0.1) is 29.2 Å². The summed E-state index contributed by atoms with van der Waals surface area (Å²) in [5, 5.41) is 2.14. The molecular weight excluding hydrogens is 384 g/mol. The van der Waals surface area contributed by atoms with E-state index in [0.29, 0.717) is 13.2 Å². The molecule has 0 atom stereocenters. The number of imide groups is 1. The summed E-state index contributed by atoms with van der Waals surface area (Å²) in [6.07, 6.45) is 1.64. The van der Waals surface area contributed by atoms with Crippen molar-refractivity contribution in [2.45, 2.75) is 11.4 Å². The summed E-state index contributed by atoms with van der Waals surface area (Å²) >= 11 is 0. The fourth-order valence-corrected chi connectivity index (χ4v) is 4.16. The van der Waals surface area contributed by atoms with E-state index in [2.05, 4.69) is 19.9 Å². The van der Waals surface area contributed by atoms with E-state index in [-0.39, 0.29) is 22.6 Å². The number of pyridine rings is 1. The molecule has 0 aliphatic carbocycles. The maximum Gasteiger partial charge on any atom is 0.258 e. The van der Waals surface area contributed by atoms with Gasteiger partial charge in [-0.1, -0.05) is 0 Å². The summed E-state index contributed by atoms with van der Waals surface area (Å²) in [6, 6.07) is 7.44. The van der Waals surface area contributed by atoms with Crippen LogP contribution in [0.5, 0.6) is 0 Å². The molecule has 9 nitrogen and oxygen atoms in total. The summed E-state index contributed by atoms with van der Waals surface area (Å²) in [6.45, 7) is 2.81. The monoisotopic (exact) mass is 402 g/mol. The van der Waals surface area contributed by atoms with Gasteiger partial charge in [-0.05, 0) is 35.9 Å². The number of amides is 2. The van der Waals surface area contributed by atoms with Crippen LogP contribution in [-0.4, -0.2) is 51.5 Å². The molecule has 4 rings (SSSR count). The average Bonchev–Trinajstić information content (AvgIpc) is 3.01. The Kier molecular flexibility index (Phi) is 4.84. The normalized spacial score (nSPS) is 16.8. The van der Waals surface area contributed by atoms with Crippen molar-refractivity contribution in [1.29, 1.82) is 0 Å². The molecule has 3 heterocycles. The first kappa shape index (κ1) is 18.5. The van der Waals surface area contributed by atoms with Gasteiger partial charge in [0.1, 0.15) is 5.82 Å². The standard InChI is InChI=1S/C18H18N4O5S/c23-17-14-2-1-13(10-15(14)18(24)21-17)28(25,26)20-11-12-3-4-19-16(9-12)22-5-7-27-8-6-22/h1-4,9-10,20H,5-8,11H2,(H,21,23,24). The molecule has 146 valence electrons. The lowest BCUT2D eigenvalue weighted by atomic mass is 10.1. The molecule has 2 aliphatic rings. The molecule has 2 N–H and O–H groups in total. The molecule has 10 heteroatoms. The molecule has 0 saturated carbocycles. The Balaban J connectivity index is 1.49. The zero-order chi connectivity index (χ0) is 19.7. The summed E-state index contributed by atoms with van der Waals surface area (Å²) in [7, 11) is -3.85. The van der Waals surface area contributed by atoms with Gasteiger partial charge in [-0.25, -0.2) is 18.1 Å². The molecule has 1 aromatic heterocycles. The number of hydrogen-bond donors (Lipinski definition) is 2. The minimum atomic E-state index is -3.85. The van der Waals surface area contributed by atoms with Crippen LogP contribution in [0.1, 0.15) is 26.3 Å². The zero-order valence-electron chi connectivity index (χ0n) is 14.8. The van der Waals surface area contributed by atoms with Crippen molar-refractivity contribution in [2.75, 3.05) is 31.2 Å². The summed E-state index contributed by atoms with van der Waals surface area (Å²) < 4.78 is 33.1. The van der Waals surface area contributed by atoms with Crippen LogP contribution in [0, 0.1) is 0 Å². The van der Waals surface area contributed by atoms with Crippen LogP contribution in [-0.2, 0) is 21.3 Å². The molecule has 0 radical (unpaired) electrons. The Labute approximate surface area is 161 Å². The Bertz CT molecular complexity index is 1050. The van der Waals surface area contributed by atoms with Crippen LogP contribution < -0.4 is 14.9 Å². The molecule has 28 heavy (non-hydrogen) atoms. The van der Waals surface area contributed by atoms with Gasteiger partial charge < -0.3 is 9.64 Å². The van der Waals surface area contributed by atoms with Crippen molar-refractivity contribution in [1.82, 2.24) is 15.0 Å². The largest absolute Gasteiger partial charge is 0.378 e. The van der Waals surface area contributed by atoms with E-state index >= 15 is 0 Å². The highest BCUT2D eigenvalue weighted by atomic mass is 32.2. The SMILES string of the molecule is O=C1NC(=O)c2cc(S(=O)(=O)NCc3ccnc(N4CCOCC4)c3)ccc21. The van der Waals surface area contributed by atoms with Gasteiger partial charge >= 0.3 is 0 Å². The van der Waals surface area contributed by atoms with Gasteiger partial charge in [0, 0.05) is 25.8 Å². The van der Waals surface area contributed by atoms with E-state index in [9.17, 15) is 18.0 Å². The smallest absolute Gasteiger partial charge is 0.258 e. The minimum absolute atomic E-state index is 0.0615. The Hall–Kier alpha value is -2.82. The average molecular weight is 402 g/mol. The molecule has 0 spiro atoms. The van der Waals surface area contributed by atoms with Crippen molar-refractivity contribution in [3.8, 4) is 0 Å². The number of nitrogens with zero attached hydrogens (tertiary/aromatic N) is 2. The van der Waals surface area contributed by atoms with Gasteiger partial charge in [0.25, 0.3) is 11.8 Å². The van der Waals surface area contributed by atoms with Crippen LogP contribution in [0.15, 0.2) is 41.4 Å². The molecule has 2 aromatic rings. The topological polar surface area (TPSA) is 118 Å². The second-order valence-electron chi connectivity index (χ2n) is 6.44. The highest BCUT2D eigenvalue weighted by Gasteiger charge is 2.28. The molecule has 0 unspecified atom stereocenters. The quantitative estimate of drug-likeness (QED) is 0.690. The Morgan fingerprint density at radius 1 is 1.07 bits per heavy atom. The summed E-state index contributed by atoms with van der Waals surface area (Å²) in [4.78, 5) is 29.7. The second-order valence-corrected chi connectivity index (χ2v) is 8.20. The van der Waals surface area contributed by atoms with Crippen molar-refractivity contribution >= 4 is 27.7 Å². The number of fused-ring (bicyclic) bond motifs is 1. The van der Waals surface area contributed by atoms with Gasteiger partial charge in [0.15, 0.2) is 0 Å². The van der Waals surface area contributed by atoms with Crippen molar-refractivity contribution < 1.29 is 22.7 Å². The molecule has 1 saturated heterocycles. The van der Waals surface area contributed by atoms with E-state index in [1.165, 1.54) is 18.2 Å².